The molecule has 0 atom stereocenters. The van der Waals surface area contributed by atoms with Gasteiger partial charge in [-0.05, 0) is 157 Å². The van der Waals surface area contributed by atoms with Gasteiger partial charge in [0.05, 0.1) is 5.58 Å². The van der Waals surface area contributed by atoms with Crippen molar-refractivity contribution in [2.45, 2.75) is 93.5 Å². The summed E-state index contributed by atoms with van der Waals surface area (Å²) in [5.74, 6) is -1.26. The van der Waals surface area contributed by atoms with Crippen LogP contribution in [-0.2, 0) is 21.1 Å². The van der Waals surface area contributed by atoms with E-state index in [9.17, 15) is 1.37 Å². The molecule has 9 aromatic rings. The summed E-state index contributed by atoms with van der Waals surface area (Å²) in [5, 5.41) is 0.762. The first kappa shape index (κ1) is 29.5. The summed E-state index contributed by atoms with van der Waals surface area (Å²) in [6.07, 6.45) is 5.65. The molecule has 1 aliphatic rings. The first-order valence-electron chi connectivity index (χ1n) is 29.6. The molecule has 0 unspecified atom stereocenters. The average molecular weight is 1060 g/mol. The molecule has 0 bridgehead atoms. The second-order valence-corrected chi connectivity index (χ2v) is 17.7. The summed E-state index contributed by atoms with van der Waals surface area (Å²) in [4.78, 5) is 13.6. The second-order valence-electron chi connectivity index (χ2n) is 17.7. The number of aryl methyl sites for hydroxylation is 6. The smallest absolute Gasteiger partial charge is 0.496 e. The molecule has 0 aliphatic heterocycles. The van der Waals surface area contributed by atoms with Gasteiger partial charge in [0.1, 0.15) is 0 Å². The molecule has 0 saturated heterocycles. The zero-order chi connectivity index (χ0) is 58.6. The van der Waals surface area contributed by atoms with Crippen molar-refractivity contribution in [1.29, 1.82) is 0 Å². The molecule has 0 N–H and O–H groups in total. The van der Waals surface area contributed by atoms with Gasteiger partial charge in [0.2, 0.25) is 5.71 Å². The van der Waals surface area contributed by atoms with E-state index in [0.717, 1.165) is 47.4 Å². The Labute approximate surface area is 426 Å². The van der Waals surface area contributed by atoms with Crippen molar-refractivity contribution in [2.24, 2.45) is 5.41 Å². The number of rotatable bonds is 8. The standard InChI is InChI=1S/C60H55N3O2.Pt/c1-35-27-55(61-33-38(35)4)46-28-52(43-13-11-10-12-14-43)41(7)57(29-46)64-47-30-53-50-18-15-40(6)63-59(50)65-58(53)54(31-47)56-32-51(39(5)34-62-56)49-20-17-45(26-37(49)3)48-19-16-44(25-36(48)2)42-21-23-60(8,9)24-22-42;/h10-20,25-28,30,32-34,42H,21-24H2,1-9H3;/q-2;+2/i1D3,2D3,4D3,6D3,7D3,42D;. The van der Waals surface area contributed by atoms with Crippen LogP contribution in [0, 0.1) is 65.7 Å². The van der Waals surface area contributed by atoms with Crippen LogP contribution in [-0.4, -0.2) is 15.0 Å². The molecule has 1 fully saturated rings. The maximum absolute atomic E-state index is 9.40. The number of nitrogens with zero attached hydrogens (tertiary/aromatic N) is 3. The number of fused-ring (bicyclic) bond motifs is 3. The third-order valence-corrected chi connectivity index (χ3v) is 12.7. The molecule has 0 amide bonds. The van der Waals surface area contributed by atoms with Gasteiger partial charge in [-0.1, -0.05) is 145 Å². The van der Waals surface area contributed by atoms with Crippen LogP contribution in [0.5, 0.6) is 11.5 Å². The number of ether oxygens (including phenoxy) is 1. The second kappa shape index (κ2) is 17.9. The fourth-order valence-corrected chi connectivity index (χ4v) is 8.86. The van der Waals surface area contributed by atoms with Gasteiger partial charge in [0.25, 0.3) is 0 Å². The fourth-order valence-electron chi connectivity index (χ4n) is 8.86. The SMILES string of the molecule is [2H]C([2H])([2H])c1ccc2c(n1)oc1c(-c3cc(-c4ccc(-c5ccc(C6([2H])CCC(C)(C)CC6)cc5C([2H])([2H])[2H])cc4C)c(C)cn3)[c-]c(Oc3[c-]c(-c4cc(C([2H])([2H])[2H])c(C([2H])([2H])[2H])cn4)cc(-c4ccccc4)c3C([2H])([2H])[2H])cc12.[Pt+2]. The molecule has 332 valence electrons. The molecule has 6 heteroatoms. The maximum Gasteiger partial charge on any atom is 2.00 e. The Morgan fingerprint density at radius 2 is 1.45 bits per heavy atom. The van der Waals surface area contributed by atoms with E-state index in [1.165, 1.54) is 12.1 Å². The molecule has 0 radical (unpaired) electrons. The molecule has 1 saturated carbocycles. The van der Waals surface area contributed by atoms with Gasteiger partial charge in [-0.2, -0.15) is 0 Å². The quantitative estimate of drug-likeness (QED) is 0.142. The topological polar surface area (TPSA) is 61.0 Å². The van der Waals surface area contributed by atoms with Crippen LogP contribution in [0.1, 0.15) is 112 Å². The molecule has 5 aromatic carbocycles. The van der Waals surface area contributed by atoms with E-state index in [1.54, 1.807) is 54.7 Å². The molecule has 0 spiro atoms. The molecule has 10 rings (SSSR count). The van der Waals surface area contributed by atoms with Gasteiger partial charge in [0, 0.05) is 56.9 Å². The Balaban J connectivity index is 0.00000810. The van der Waals surface area contributed by atoms with Gasteiger partial charge in [-0.3, -0.25) is 0 Å². The Kier molecular flexibility index (Phi) is 8.00. The first-order valence-corrected chi connectivity index (χ1v) is 21.6. The van der Waals surface area contributed by atoms with E-state index in [-0.39, 0.29) is 88.5 Å². The van der Waals surface area contributed by atoms with Crippen LogP contribution in [0.4, 0.5) is 0 Å². The van der Waals surface area contributed by atoms with Crippen molar-refractivity contribution in [3.05, 3.63) is 172 Å². The predicted molar refractivity (Wildman–Crippen MR) is 267 cm³/mol. The number of hydrogen-bond acceptors (Lipinski definition) is 5. The van der Waals surface area contributed by atoms with Crippen molar-refractivity contribution in [3.63, 3.8) is 0 Å². The minimum absolute atomic E-state index is 0. The normalized spacial score (nSPS) is 18.8. The minimum Gasteiger partial charge on any atom is -0.496 e. The summed E-state index contributed by atoms with van der Waals surface area (Å²) in [7, 11) is 0. The summed E-state index contributed by atoms with van der Waals surface area (Å²) in [6, 6.07) is 34.9. The number of benzene rings is 5. The van der Waals surface area contributed by atoms with Gasteiger partial charge in [-0.15, -0.1) is 11.6 Å². The summed E-state index contributed by atoms with van der Waals surface area (Å²) in [6.45, 7) is -5.38. The average Bonchev–Trinajstić information content (AvgIpc) is 3.95. The van der Waals surface area contributed by atoms with Crippen molar-refractivity contribution in [3.8, 4) is 67.4 Å². The molecular weight excluding hydrogens is 990 g/mol. The van der Waals surface area contributed by atoms with Crippen LogP contribution in [0.3, 0.4) is 0 Å². The van der Waals surface area contributed by atoms with Crippen LogP contribution in [0.2, 0.25) is 0 Å². The fraction of sp³-hybridized carbons (Fsp3) is 0.250. The van der Waals surface area contributed by atoms with Gasteiger partial charge >= 0.3 is 21.1 Å². The van der Waals surface area contributed by atoms with Crippen molar-refractivity contribution < 1.29 is 52.2 Å². The Bertz CT molecular complexity index is 3930. The number of furan rings is 1. The minimum atomic E-state index is -2.88. The molecule has 5 nitrogen and oxygen atoms in total. The van der Waals surface area contributed by atoms with E-state index >= 15 is 0 Å². The molecule has 4 heterocycles. The number of aromatic nitrogens is 3. The first-order chi connectivity index (χ1) is 37.7. The zero-order valence-electron chi connectivity index (χ0n) is 52.8. The Morgan fingerprint density at radius 3 is 2.23 bits per heavy atom. The van der Waals surface area contributed by atoms with Crippen molar-refractivity contribution >= 4 is 22.1 Å². The molecular formula is C60H55N3O2Pt. The van der Waals surface area contributed by atoms with Gasteiger partial charge < -0.3 is 19.1 Å². The summed E-state index contributed by atoms with van der Waals surface area (Å²) < 4.78 is 148. The summed E-state index contributed by atoms with van der Waals surface area (Å²) in [5.41, 5.74) is 5.31. The Morgan fingerprint density at radius 1 is 0.667 bits per heavy atom. The number of hydrogen-bond donors (Lipinski definition) is 0. The van der Waals surface area contributed by atoms with Crippen LogP contribution in [0.25, 0.3) is 78.0 Å². The van der Waals surface area contributed by atoms with Crippen LogP contribution >= 0.6 is 0 Å². The van der Waals surface area contributed by atoms with Crippen molar-refractivity contribution in [1.82, 2.24) is 15.0 Å². The number of pyridine rings is 3. The summed E-state index contributed by atoms with van der Waals surface area (Å²) >= 11 is 0. The molecule has 1 aliphatic carbocycles. The molecule has 4 aromatic heterocycles. The van der Waals surface area contributed by atoms with E-state index in [0.29, 0.717) is 51.6 Å². The third kappa shape index (κ3) is 8.67. The van der Waals surface area contributed by atoms with E-state index in [4.69, 9.17) is 34.7 Å². The largest absolute Gasteiger partial charge is 2.00 e. The van der Waals surface area contributed by atoms with E-state index in [1.807, 2.05) is 50.2 Å². The zero-order valence-corrected chi connectivity index (χ0v) is 39.0. The van der Waals surface area contributed by atoms with Crippen LogP contribution in [0.15, 0.2) is 120 Å². The predicted octanol–water partition coefficient (Wildman–Crippen LogP) is 16.3. The Hall–Kier alpha value is -6.16. The van der Waals surface area contributed by atoms with Gasteiger partial charge in [-0.25, -0.2) is 4.98 Å². The maximum atomic E-state index is 9.40. The monoisotopic (exact) mass is 1060 g/mol. The van der Waals surface area contributed by atoms with E-state index in [2.05, 4.69) is 35.9 Å². The molecule has 66 heavy (non-hydrogen) atoms. The van der Waals surface area contributed by atoms with Crippen molar-refractivity contribution in [2.75, 3.05) is 0 Å². The third-order valence-electron chi connectivity index (χ3n) is 12.7. The van der Waals surface area contributed by atoms with Gasteiger partial charge in [0.15, 0.2) is 0 Å². The van der Waals surface area contributed by atoms with Crippen LogP contribution < -0.4 is 4.74 Å². The van der Waals surface area contributed by atoms with E-state index < -0.39 is 51.3 Å².